The van der Waals surface area contributed by atoms with Gasteiger partial charge < -0.3 is 19.9 Å². The Morgan fingerprint density at radius 2 is 2.06 bits per heavy atom. The van der Waals surface area contributed by atoms with Crippen molar-refractivity contribution in [2.45, 2.75) is 32.3 Å². The molecule has 0 saturated carbocycles. The fourth-order valence-electron chi connectivity index (χ4n) is 3.87. The monoisotopic (exact) mass is 528 g/mol. The van der Waals surface area contributed by atoms with E-state index in [9.17, 15) is 5.26 Å². The van der Waals surface area contributed by atoms with Crippen LogP contribution in [0.3, 0.4) is 0 Å². The van der Waals surface area contributed by atoms with E-state index in [0.29, 0.717) is 39.1 Å². The van der Waals surface area contributed by atoms with Crippen molar-refractivity contribution in [1.82, 2.24) is 10.2 Å². The number of allylic oxidation sites excluding steroid dienone is 1. The molecule has 7 nitrogen and oxygen atoms in total. The first-order valence-corrected chi connectivity index (χ1v) is 11.5. The number of methoxy groups -OCH3 is 1. The molecule has 4 rings (SSSR count). The van der Waals surface area contributed by atoms with E-state index in [2.05, 4.69) is 39.1 Å². The number of aryl methyl sites for hydroxylation is 1. The van der Waals surface area contributed by atoms with Gasteiger partial charge in [-0.2, -0.15) is 5.26 Å². The quantitative estimate of drug-likeness (QED) is 0.414. The van der Waals surface area contributed by atoms with Gasteiger partial charge in [0.1, 0.15) is 18.2 Å². The van der Waals surface area contributed by atoms with Gasteiger partial charge in [0.25, 0.3) is 0 Å². The van der Waals surface area contributed by atoms with E-state index in [0.717, 1.165) is 35.2 Å². The molecule has 9 heteroatoms. The van der Waals surface area contributed by atoms with Crippen molar-refractivity contribution in [2.75, 3.05) is 7.11 Å². The standard InChI is InChI=1S/C24H22BrClN4O3/c1-3-4-18-21-20(16(11-27)23(28)33-24(21)30-29-18)14-9-17(25)22(19(10-14)31-2)32-12-13-5-7-15(26)8-6-13/h5-10,20H,3-4,12,28H2,1-2H3,(H,29,30). The molecule has 3 aromatic rings. The maximum absolute atomic E-state index is 9.88. The second-order valence-corrected chi connectivity index (χ2v) is 8.84. The number of benzene rings is 2. The summed E-state index contributed by atoms with van der Waals surface area (Å²) < 4.78 is 18.0. The third-order valence-electron chi connectivity index (χ3n) is 5.40. The van der Waals surface area contributed by atoms with Crippen molar-refractivity contribution < 1.29 is 14.2 Å². The molecule has 0 fully saturated rings. The van der Waals surface area contributed by atoms with E-state index < -0.39 is 5.92 Å². The number of ether oxygens (including phenoxy) is 3. The summed E-state index contributed by atoms with van der Waals surface area (Å²) in [5.41, 5.74) is 9.90. The van der Waals surface area contributed by atoms with Gasteiger partial charge >= 0.3 is 0 Å². The molecule has 0 amide bonds. The normalized spacial score (nSPS) is 14.9. The molecule has 1 aromatic heterocycles. The SMILES string of the molecule is CCCc1[nH]nc2c1C(c1cc(Br)c(OCc3ccc(Cl)cc3)c(OC)c1)C(C#N)=C(N)O2. The Bertz CT molecular complexity index is 1250. The summed E-state index contributed by atoms with van der Waals surface area (Å²) in [4.78, 5) is 0. The third kappa shape index (κ3) is 4.52. The maximum atomic E-state index is 9.88. The predicted octanol–water partition coefficient (Wildman–Crippen LogP) is 5.58. The Morgan fingerprint density at radius 1 is 1.30 bits per heavy atom. The number of H-pyrrole nitrogens is 1. The Kier molecular flexibility index (Phi) is 6.82. The summed E-state index contributed by atoms with van der Waals surface area (Å²) >= 11 is 9.58. The molecule has 2 aromatic carbocycles. The molecule has 170 valence electrons. The first kappa shape index (κ1) is 23.0. The number of nitriles is 1. The van der Waals surface area contributed by atoms with Gasteiger partial charge in [0.15, 0.2) is 11.5 Å². The summed E-state index contributed by atoms with van der Waals surface area (Å²) in [5, 5.41) is 17.9. The van der Waals surface area contributed by atoms with Gasteiger partial charge in [-0.3, -0.25) is 5.10 Å². The van der Waals surface area contributed by atoms with Gasteiger partial charge in [-0.25, -0.2) is 0 Å². The van der Waals surface area contributed by atoms with E-state index in [4.69, 9.17) is 31.5 Å². The number of halogens is 2. The first-order valence-electron chi connectivity index (χ1n) is 10.4. The van der Waals surface area contributed by atoms with Crippen molar-refractivity contribution in [2.24, 2.45) is 5.73 Å². The van der Waals surface area contributed by atoms with Crippen LogP contribution in [0.5, 0.6) is 17.4 Å². The van der Waals surface area contributed by atoms with Crippen molar-refractivity contribution in [3.8, 4) is 23.4 Å². The molecule has 0 saturated heterocycles. The summed E-state index contributed by atoms with van der Waals surface area (Å²) in [7, 11) is 1.58. The average molecular weight is 530 g/mol. The number of aromatic amines is 1. The smallest absolute Gasteiger partial charge is 0.244 e. The predicted molar refractivity (Wildman–Crippen MR) is 128 cm³/mol. The number of fused-ring (bicyclic) bond motifs is 1. The minimum absolute atomic E-state index is 0.0442. The number of hydrogen-bond donors (Lipinski definition) is 2. The molecule has 3 N–H and O–H groups in total. The van der Waals surface area contributed by atoms with Crippen LogP contribution in [-0.4, -0.2) is 17.3 Å². The Morgan fingerprint density at radius 3 is 2.73 bits per heavy atom. The van der Waals surface area contributed by atoms with E-state index in [1.165, 1.54) is 0 Å². The van der Waals surface area contributed by atoms with Crippen molar-refractivity contribution >= 4 is 27.5 Å². The number of rotatable bonds is 7. The zero-order valence-electron chi connectivity index (χ0n) is 18.1. The zero-order chi connectivity index (χ0) is 23.5. The minimum atomic E-state index is -0.449. The fourth-order valence-corrected chi connectivity index (χ4v) is 4.57. The van der Waals surface area contributed by atoms with Gasteiger partial charge in [-0.15, -0.1) is 5.10 Å². The highest BCUT2D eigenvalue weighted by Crippen LogP contribution is 2.47. The highest BCUT2D eigenvalue weighted by atomic mass is 79.9. The third-order valence-corrected chi connectivity index (χ3v) is 6.24. The largest absolute Gasteiger partial charge is 0.493 e. The second kappa shape index (κ2) is 9.77. The van der Waals surface area contributed by atoms with E-state index >= 15 is 0 Å². The Labute approximate surface area is 205 Å². The molecule has 1 atom stereocenters. The number of nitrogens with zero attached hydrogens (tertiary/aromatic N) is 2. The van der Waals surface area contributed by atoms with Gasteiger partial charge in [-0.1, -0.05) is 37.1 Å². The van der Waals surface area contributed by atoms with Crippen LogP contribution in [-0.2, 0) is 13.0 Å². The van der Waals surface area contributed by atoms with E-state index in [1.54, 1.807) is 7.11 Å². The molecule has 1 unspecified atom stereocenters. The Balaban J connectivity index is 1.75. The average Bonchev–Trinajstić information content (AvgIpc) is 3.20. The van der Waals surface area contributed by atoms with Gasteiger partial charge in [0.05, 0.1) is 17.5 Å². The summed E-state index contributed by atoms with van der Waals surface area (Å²) in [6, 6.07) is 13.4. The van der Waals surface area contributed by atoms with Crippen LogP contribution in [0.25, 0.3) is 0 Å². The molecule has 0 aliphatic carbocycles. The zero-order valence-corrected chi connectivity index (χ0v) is 20.5. The van der Waals surface area contributed by atoms with Crippen LogP contribution in [0.15, 0.2) is 52.3 Å². The minimum Gasteiger partial charge on any atom is -0.493 e. The summed E-state index contributed by atoms with van der Waals surface area (Å²) in [6.07, 6.45) is 1.67. The van der Waals surface area contributed by atoms with Crippen molar-refractivity contribution in [3.05, 3.63) is 79.7 Å². The number of aromatic nitrogens is 2. The highest BCUT2D eigenvalue weighted by molar-refractivity contribution is 9.10. The van der Waals surface area contributed by atoms with Crippen LogP contribution in [0.4, 0.5) is 0 Å². The van der Waals surface area contributed by atoms with Gasteiger partial charge in [0, 0.05) is 16.3 Å². The van der Waals surface area contributed by atoms with Crippen LogP contribution >= 0.6 is 27.5 Å². The molecule has 0 bridgehead atoms. The second-order valence-electron chi connectivity index (χ2n) is 7.55. The van der Waals surface area contributed by atoms with Gasteiger partial charge in [-0.05, 0) is 57.7 Å². The van der Waals surface area contributed by atoms with Crippen LogP contribution in [0, 0.1) is 11.3 Å². The highest BCUT2D eigenvalue weighted by Gasteiger charge is 2.35. The molecule has 1 aliphatic rings. The summed E-state index contributed by atoms with van der Waals surface area (Å²) in [5.74, 6) is 1.06. The lowest BCUT2D eigenvalue weighted by molar-refractivity contribution is 0.282. The van der Waals surface area contributed by atoms with Crippen LogP contribution < -0.4 is 19.9 Å². The van der Waals surface area contributed by atoms with E-state index in [1.807, 2.05) is 36.4 Å². The van der Waals surface area contributed by atoms with Crippen LogP contribution in [0.2, 0.25) is 5.02 Å². The number of nitrogens with one attached hydrogen (secondary N) is 1. The van der Waals surface area contributed by atoms with Crippen molar-refractivity contribution in [3.63, 3.8) is 0 Å². The number of hydrogen-bond acceptors (Lipinski definition) is 6. The molecule has 33 heavy (non-hydrogen) atoms. The molecule has 0 spiro atoms. The topological polar surface area (TPSA) is 106 Å². The van der Waals surface area contributed by atoms with E-state index in [-0.39, 0.29) is 5.88 Å². The molecular formula is C24H22BrClN4O3. The van der Waals surface area contributed by atoms with Gasteiger partial charge in [0.2, 0.25) is 11.8 Å². The molecule has 1 aliphatic heterocycles. The first-order chi connectivity index (χ1) is 16.0. The summed E-state index contributed by atoms with van der Waals surface area (Å²) in [6.45, 7) is 2.42. The number of nitrogens with two attached hydrogens (primary N) is 1. The van der Waals surface area contributed by atoms with Crippen LogP contribution in [0.1, 0.15) is 41.6 Å². The fraction of sp³-hybridized carbons (Fsp3) is 0.250. The lowest BCUT2D eigenvalue weighted by Crippen LogP contribution is -2.21. The lowest BCUT2D eigenvalue weighted by Gasteiger charge is -2.25. The Hall–Kier alpha value is -3.15. The molecular weight excluding hydrogens is 508 g/mol. The molecule has 2 heterocycles. The maximum Gasteiger partial charge on any atom is 0.244 e. The molecule has 0 radical (unpaired) electrons. The van der Waals surface area contributed by atoms with Crippen molar-refractivity contribution in [1.29, 1.82) is 5.26 Å². The lowest BCUT2D eigenvalue weighted by atomic mass is 9.83.